The summed E-state index contributed by atoms with van der Waals surface area (Å²) < 4.78 is 0. The molecule has 0 fully saturated rings. The second kappa shape index (κ2) is 9.83. The molecular weight excluding hydrogens is 430 g/mol. The smallest absolute Gasteiger partial charge is 0.741 e. The van der Waals surface area contributed by atoms with E-state index in [9.17, 15) is 0 Å². The Kier molecular flexibility index (Phi) is 7.77. The molecule has 2 aromatic rings. The molecule has 0 radical (unpaired) electrons. The van der Waals surface area contributed by atoms with Gasteiger partial charge >= 0.3 is 19.5 Å². The number of amidine groups is 2. The number of rotatable bonds is 4. The van der Waals surface area contributed by atoms with Crippen LogP contribution in [0.2, 0.25) is 0 Å². The molecule has 9 heteroatoms. The van der Waals surface area contributed by atoms with Gasteiger partial charge in [-0.05, 0) is 29.6 Å². The molecule has 0 aromatic heterocycles. The van der Waals surface area contributed by atoms with E-state index < -0.39 is 0 Å². The molecule has 134 valence electrons. The number of nitrogens with one attached hydrogen (secondary N) is 2. The van der Waals surface area contributed by atoms with E-state index in [1.807, 2.05) is 38.1 Å². The van der Waals surface area contributed by atoms with Crippen molar-refractivity contribution in [2.24, 2.45) is 20.2 Å². The molecule has 0 saturated heterocycles. The van der Waals surface area contributed by atoms with Gasteiger partial charge in [-0.15, -0.1) is 0 Å². The summed E-state index contributed by atoms with van der Waals surface area (Å²) >= 11 is 10.3. The SMILES string of the molecule is CCN=C([S-])N/N=C1\C(=N\NC([S-])=NCC)c2cccc3cccc1c23.[Zn+2]. The minimum Gasteiger partial charge on any atom is -0.741 e. The zero-order chi connectivity index (χ0) is 18.5. The molecule has 1 aliphatic carbocycles. The van der Waals surface area contributed by atoms with Crippen molar-refractivity contribution in [1.29, 1.82) is 0 Å². The van der Waals surface area contributed by atoms with Crippen LogP contribution in [-0.2, 0) is 44.7 Å². The minimum absolute atomic E-state index is 0. The summed E-state index contributed by atoms with van der Waals surface area (Å²) in [5, 5.41) is 11.9. The molecule has 0 bridgehead atoms. The third-order valence-electron chi connectivity index (χ3n) is 3.77. The molecule has 3 rings (SSSR count). The molecular formula is C18H18N6S2Zn. The van der Waals surface area contributed by atoms with Gasteiger partial charge in [0.05, 0.1) is 0 Å². The van der Waals surface area contributed by atoms with Crippen LogP contribution in [0, 0.1) is 0 Å². The molecule has 6 nitrogen and oxygen atoms in total. The van der Waals surface area contributed by atoms with E-state index in [2.05, 4.69) is 43.2 Å². The summed E-state index contributed by atoms with van der Waals surface area (Å²) in [5.41, 5.74) is 9.03. The first-order valence-electron chi connectivity index (χ1n) is 8.28. The monoisotopic (exact) mass is 446 g/mol. The van der Waals surface area contributed by atoms with Crippen LogP contribution in [-0.4, -0.2) is 34.8 Å². The Morgan fingerprint density at radius 3 is 1.67 bits per heavy atom. The van der Waals surface area contributed by atoms with Crippen molar-refractivity contribution in [3.63, 3.8) is 0 Å². The predicted molar refractivity (Wildman–Crippen MR) is 114 cm³/mol. The van der Waals surface area contributed by atoms with Gasteiger partial charge in [0.2, 0.25) is 0 Å². The number of hydrogen-bond donors (Lipinski definition) is 2. The molecule has 27 heavy (non-hydrogen) atoms. The zero-order valence-electron chi connectivity index (χ0n) is 15.2. The van der Waals surface area contributed by atoms with E-state index >= 15 is 0 Å². The van der Waals surface area contributed by atoms with E-state index in [1.165, 1.54) is 0 Å². The van der Waals surface area contributed by atoms with E-state index in [-0.39, 0.29) is 19.5 Å². The number of benzene rings is 2. The van der Waals surface area contributed by atoms with Gasteiger partial charge in [-0.1, -0.05) is 36.4 Å². The van der Waals surface area contributed by atoms with Crippen LogP contribution in [0.4, 0.5) is 0 Å². The van der Waals surface area contributed by atoms with Crippen molar-refractivity contribution in [3.8, 4) is 0 Å². The minimum atomic E-state index is 0. The number of hydrogen-bond acceptors (Lipinski definition) is 6. The average molecular weight is 448 g/mol. The summed E-state index contributed by atoms with van der Waals surface area (Å²) in [6, 6.07) is 12.2. The number of aliphatic imine (C=N–C) groups is 2. The Bertz CT molecular complexity index is 879. The zero-order valence-corrected chi connectivity index (χ0v) is 19.8. The van der Waals surface area contributed by atoms with E-state index in [4.69, 9.17) is 25.3 Å². The summed E-state index contributed by atoms with van der Waals surface area (Å²) in [6.07, 6.45) is 0. The molecule has 2 aromatic carbocycles. The maximum atomic E-state index is 5.16. The molecule has 0 amide bonds. The maximum Gasteiger partial charge on any atom is 2.00 e. The van der Waals surface area contributed by atoms with Gasteiger partial charge in [0, 0.05) is 29.6 Å². The van der Waals surface area contributed by atoms with Crippen molar-refractivity contribution in [2.45, 2.75) is 13.8 Å². The summed E-state index contributed by atoms with van der Waals surface area (Å²) in [4.78, 5) is 8.26. The van der Waals surface area contributed by atoms with Gasteiger partial charge < -0.3 is 25.3 Å². The molecule has 0 heterocycles. The van der Waals surface area contributed by atoms with Crippen molar-refractivity contribution in [3.05, 3.63) is 47.5 Å². The van der Waals surface area contributed by atoms with Gasteiger partial charge in [0.25, 0.3) is 0 Å². The Hall–Kier alpha value is -1.96. The molecule has 0 saturated carbocycles. The van der Waals surface area contributed by atoms with Crippen LogP contribution in [0.1, 0.15) is 25.0 Å². The van der Waals surface area contributed by atoms with Crippen LogP contribution < -0.4 is 10.9 Å². The van der Waals surface area contributed by atoms with Gasteiger partial charge in [-0.3, -0.25) is 20.8 Å². The van der Waals surface area contributed by atoms with Crippen LogP contribution >= 0.6 is 0 Å². The Morgan fingerprint density at radius 2 is 1.26 bits per heavy atom. The second-order valence-corrected chi connectivity index (χ2v) is 6.19. The van der Waals surface area contributed by atoms with Crippen molar-refractivity contribution in [1.82, 2.24) is 10.9 Å². The first kappa shape index (κ1) is 21.3. The van der Waals surface area contributed by atoms with Crippen LogP contribution in [0.3, 0.4) is 0 Å². The number of nitrogens with zero attached hydrogens (tertiary/aromatic N) is 4. The quantitative estimate of drug-likeness (QED) is 0.248. The molecule has 2 N–H and O–H groups in total. The first-order valence-corrected chi connectivity index (χ1v) is 9.10. The third kappa shape index (κ3) is 4.67. The van der Waals surface area contributed by atoms with Crippen LogP contribution in [0.5, 0.6) is 0 Å². The van der Waals surface area contributed by atoms with Crippen molar-refractivity contribution < 1.29 is 19.5 Å². The van der Waals surface area contributed by atoms with Gasteiger partial charge in [-0.2, -0.15) is 10.2 Å². The predicted octanol–water partition coefficient (Wildman–Crippen LogP) is 2.28. The Morgan fingerprint density at radius 1 is 0.815 bits per heavy atom. The Balaban J connectivity index is 0.00000261. The largest absolute Gasteiger partial charge is 2.00 e. The standard InChI is InChI=1S/C18H20N6S2.Zn/c1-3-19-17(25)23-21-15-12-9-5-7-11-8-6-10-13(14(11)12)16(15)22-24-18(26)20-4-2;/h5-10H,3-4H2,1-2H3,(H2,19,23,25)(H2,20,24,26);/q;+2/p-2/b21-15-,22-16+;. The van der Waals surface area contributed by atoms with E-state index in [0.29, 0.717) is 34.8 Å². The molecule has 1 aliphatic rings. The van der Waals surface area contributed by atoms with Gasteiger partial charge in [-0.25, -0.2) is 0 Å². The second-order valence-electron chi connectivity index (χ2n) is 5.41. The summed E-state index contributed by atoms with van der Waals surface area (Å²) in [7, 11) is 0. The first-order chi connectivity index (χ1) is 12.7. The maximum absolute atomic E-state index is 5.16. The fourth-order valence-electron chi connectivity index (χ4n) is 2.78. The van der Waals surface area contributed by atoms with Crippen LogP contribution in [0.15, 0.2) is 56.6 Å². The fraction of sp³-hybridized carbons (Fsp3) is 0.222. The third-order valence-corrected chi connectivity index (χ3v) is 4.21. The Labute approximate surface area is 182 Å². The fourth-order valence-corrected chi connectivity index (χ4v) is 3.13. The van der Waals surface area contributed by atoms with Crippen molar-refractivity contribution in [2.75, 3.05) is 13.1 Å². The van der Waals surface area contributed by atoms with Crippen molar-refractivity contribution >= 4 is 57.8 Å². The molecule has 0 spiro atoms. The van der Waals surface area contributed by atoms with E-state index in [1.54, 1.807) is 0 Å². The number of hydrazone groups is 2. The normalized spacial score (nSPS) is 16.7. The van der Waals surface area contributed by atoms with E-state index in [0.717, 1.165) is 21.9 Å². The molecule has 0 atom stereocenters. The van der Waals surface area contributed by atoms with Crippen LogP contribution in [0.25, 0.3) is 10.8 Å². The topological polar surface area (TPSA) is 73.5 Å². The van der Waals surface area contributed by atoms with Gasteiger partial charge in [0.1, 0.15) is 11.4 Å². The summed E-state index contributed by atoms with van der Waals surface area (Å²) in [6.45, 7) is 5.04. The molecule has 0 unspecified atom stereocenters. The van der Waals surface area contributed by atoms with Gasteiger partial charge in [0.15, 0.2) is 0 Å². The molecule has 0 aliphatic heterocycles. The summed E-state index contributed by atoms with van der Waals surface area (Å²) in [5.74, 6) is 0. The average Bonchev–Trinajstić information content (AvgIpc) is 2.94.